The molecule has 1 aromatic carbocycles. The Hall–Kier alpha value is -0.530. The molecule has 1 N–H and O–H groups in total. The van der Waals surface area contributed by atoms with E-state index in [1.165, 1.54) is 12.0 Å². The Morgan fingerprint density at radius 3 is 2.12 bits per heavy atom. The molecular weight excluding hydrogens is 232 g/mol. The second kappa shape index (κ2) is 7.03. The second-order valence-corrected chi connectivity index (χ2v) is 5.84. The summed E-state index contributed by atoms with van der Waals surface area (Å²) in [6.07, 6.45) is 2.25. The van der Waals surface area contributed by atoms with Crippen molar-refractivity contribution in [2.24, 2.45) is 11.8 Å². The fraction of sp³-hybridized carbons (Fsp3) is 0.600. The van der Waals surface area contributed by atoms with Gasteiger partial charge in [-0.15, -0.1) is 0 Å². The molecule has 96 valence electrons. The summed E-state index contributed by atoms with van der Waals surface area (Å²) in [5, 5.41) is 10.2. The van der Waals surface area contributed by atoms with Gasteiger partial charge in [0.1, 0.15) is 0 Å². The smallest absolute Gasteiger partial charge is 0.0499 e. The zero-order valence-corrected chi connectivity index (χ0v) is 11.7. The Kier molecular flexibility index (Phi) is 6.01. The average molecular weight is 255 g/mol. The van der Waals surface area contributed by atoms with Crippen molar-refractivity contribution >= 4 is 11.6 Å². The lowest BCUT2D eigenvalue weighted by Crippen LogP contribution is -2.10. The van der Waals surface area contributed by atoms with E-state index in [1.54, 1.807) is 0 Å². The van der Waals surface area contributed by atoms with Gasteiger partial charge < -0.3 is 5.11 Å². The molecule has 0 aliphatic rings. The van der Waals surface area contributed by atoms with Crippen LogP contribution in [0.15, 0.2) is 24.3 Å². The molecule has 0 aliphatic heterocycles. The van der Waals surface area contributed by atoms with E-state index >= 15 is 0 Å². The summed E-state index contributed by atoms with van der Waals surface area (Å²) >= 11 is 5.87. The lowest BCUT2D eigenvalue weighted by atomic mass is 9.86. The number of aliphatic hydroxyl groups excluding tert-OH is 1. The number of benzene rings is 1. The highest BCUT2D eigenvalue weighted by molar-refractivity contribution is 6.30. The van der Waals surface area contributed by atoms with Gasteiger partial charge in [-0.1, -0.05) is 44.5 Å². The van der Waals surface area contributed by atoms with Gasteiger partial charge in [-0.25, -0.2) is 0 Å². The van der Waals surface area contributed by atoms with Crippen LogP contribution in [0.2, 0.25) is 5.02 Å². The Balaban J connectivity index is 2.62. The van der Waals surface area contributed by atoms with Crippen molar-refractivity contribution in [3.8, 4) is 0 Å². The van der Waals surface area contributed by atoms with Gasteiger partial charge in [-0.3, -0.25) is 0 Å². The van der Waals surface area contributed by atoms with Crippen molar-refractivity contribution in [3.63, 3.8) is 0 Å². The molecule has 0 radical (unpaired) electrons. The van der Waals surface area contributed by atoms with E-state index in [4.69, 9.17) is 11.6 Å². The third-order valence-electron chi connectivity index (χ3n) is 3.12. The van der Waals surface area contributed by atoms with Crippen molar-refractivity contribution < 1.29 is 5.11 Å². The summed E-state index contributed by atoms with van der Waals surface area (Å²) in [5.41, 5.74) is 1.19. The fourth-order valence-corrected chi connectivity index (χ4v) is 2.56. The molecule has 1 aromatic rings. The summed E-state index contributed by atoms with van der Waals surface area (Å²) in [5.74, 6) is 1.60. The Morgan fingerprint density at radius 2 is 1.65 bits per heavy atom. The van der Waals surface area contributed by atoms with Crippen molar-refractivity contribution in [2.75, 3.05) is 6.61 Å². The first-order valence-electron chi connectivity index (χ1n) is 6.39. The molecule has 2 heteroatoms. The van der Waals surface area contributed by atoms with E-state index in [2.05, 4.69) is 20.8 Å². The van der Waals surface area contributed by atoms with Gasteiger partial charge in [0.25, 0.3) is 0 Å². The van der Waals surface area contributed by atoms with Gasteiger partial charge in [0.15, 0.2) is 0 Å². The lowest BCUT2D eigenvalue weighted by Gasteiger charge is -2.21. The highest BCUT2D eigenvalue weighted by Gasteiger charge is 2.15. The van der Waals surface area contributed by atoms with Crippen LogP contribution in [0.5, 0.6) is 0 Å². The Morgan fingerprint density at radius 1 is 1.06 bits per heavy atom. The molecule has 1 rings (SSSR count). The van der Waals surface area contributed by atoms with Gasteiger partial charge in [0.05, 0.1) is 0 Å². The molecule has 2 atom stereocenters. The Bertz CT molecular complexity index is 318. The first kappa shape index (κ1) is 14.5. The first-order valence-corrected chi connectivity index (χ1v) is 6.77. The van der Waals surface area contributed by atoms with Gasteiger partial charge >= 0.3 is 0 Å². The van der Waals surface area contributed by atoms with E-state index in [0.29, 0.717) is 5.92 Å². The predicted octanol–water partition coefficient (Wildman–Crippen LogP) is 4.49. The van der Waals surface area contributed by atoms with Crippen LogP contribution in [0.4, 0.5) is 0 Å². The minimum Gasteiger partial charge on any atom is -0.396 e. The molecule has 0 bridgehead atoms. The summed E-state index contributed by atoms with van der Waals surface area (Å²) in [6.45, 7) is 6.96. The molecule has 0 saturated heterocycles. The van der Waals surface area contributed by atoms with E-state index in [-0.39, 0.29) is 12.5 Å². The van der Waals surface area contributed by atoms with E-state index in [0.717, 1.165) is 17.4 Å². The third-order valence-corrected chi connectivity index (χ3v) is 3.37. The molecule has 17 heavy (non-hydrogen) atoms. The minimum absolute atomic E-state index is 0.212. The van der Waals surface area contributed by atoms with Crippen molar-refractivity contribution in [3.05, 3.63) is 34.9 Å². The van der Waals surface area contributed by atoms with Gasteiger partial charge in [-0.05, 0) is 42.4 Å². The van der Waals surface area contributed by atoms with Crippen LogP contribution in [0.25, 0.3) is 0 Å². The topological polar surface area (TPSA) is 20.2 Å². The maximum absolute atomic E-state index is 9.50. The fourth-order valence-electron chi connectivity index (χ4n) is 2.44. The highest BCUT2D eigenvalue weighted by Crippen LogP contribution is 2.27. The van der Waals surface area contributed by atoms with E-state index < -0.39 is 0 Å². The van der Waals surface area contributed by atoms with E-state index in [9.17, 15) is 5.11 Å². The molecule has 0 heterocycles. The number of hydrogen-bond acceptors (Lipinski definition) is 1. The quantitative estimate of drug-likeness (QED) is 0.793. The van der Waals surface area contributed by atoms with Crippen LogP contribution in [0.3, 0.4) is 0 Å². The predicted molar refractivity (Wildman–Crippen MR) is 74.5 cm³/mol. The molecular formula is C15H23ClO. The maximum Gasteiger partial charge on any atom is 0.0499 e. The van der Waals surface area contributed by atoms with Crippen molar-refractivity contribution in [1.29, 1.82) is 0 Å². The highest BCUT2D eigenvalue weighted by atomic mass is 35.5. The average Bonchev–Trinajstić information content (AvgIpc) is 2.26. The number of aliphatic hydroxyl groups is 1. The zero-order valence-electron chi connectivity index (χ0n) is 11.0. The third kappa shape index (κ3) is 5.10. The SMILES string of the molecule is CC(C)CC(C)CC(CO)c1ccc(Cl)cc1. The molecule has 1 nitrogen and oxygen atoms in total. The number of rotatable bonds is 6. The molecule has 0 spiro atoms. The first-order chi connectivity index (χ1) is 8.02. The van der Waals surface area contributed by atoms with Gasteiger partial charge in [0, 0.05) is 17.5 Å². The zero-order chi connectivity index (χ0) is 12.8. The van der Waals surface area contributed by atoms with Crippen LogP contribution < -0.4 is 0 Å². The second-order valence-electron chi connectivity index (χ2n) is 5.40. The van der Waals surface area contributed by atoms with Crippen LogP contribution in [-0.2, 0) is 0 Å². The number of hydrogen-bond donors (Lipinski definition) is 1. The lowest BCUT2D eigenvalue weighted by molar-refractivity contribution is 0.239. The summed E-state index contributed by atoms with van der Waals surface area (Å²) in [7, 11) is 0. The van der Waals surface area contributed by atoms with E-state index in [1.807, 2.05) is 24.3 Å². The summed E-state index contributed by atoms with van der Waals surface area (Å²) in [6, 6.07) is 7.83. The normalized spacial score (nSPS) is 14.9. The largest absolute Gasteiger partial charge is 0.396 e. The van der Waals surface area contributed by atoms with Crippen LogP contribution >= 0.6 is 11.6 Å². The Labute approximate surface area is 110 Å². The molecule has 0 aliphatic carbocycles. The van der Waals surface area contributed by atoms with Crippen LogP contribution in [0.1, 0.15) is 45.1 Å². The molecule has 2 unspecified atom stereocenters. The molecule has 0 aromatic heterocycles. The minimum atomic E-state index is 0.212. The number of halogens is 1. The van der Waals surface area contributed by atoms with Crippen molar-refractivity contribution in [1.82, 2.24) is 0 Å². The standard InChI is InChI=1S/C15H23ClO/c1-11(2)8-12(3)9-14(10-17)13-4-6-15(16)7-5-13/h4-7,11-12,14,17H,8-10H2,1-3H3. The monoisotopic (exact) mass is 254 g/mol. The maximum atomic E-state index is 9.50. The van der Waals surface area contributed by atoms with Crippen LogP contribution in [0, 0.1) is 11.8 Å². The molecule has 0 amide bonds. The van der Waals surface area contributed by atoms with Crippen LogP contribution in [-0.4, -0.2) is 11.7 Å². The molecule has 0 saturated carbocycles. The summed E-state index contributed by atoms with van der Waals surface area (Å²) < 4.78 is 0. The van der Waals surface area contributed by atoms with Crippen molar-refractivity contribution in [2.45, 2.75) is 39.5 Å². The van der Waals surface area contributed by atoms with Gasteiger partial charge in [0.2, 0.25) is 0 Å². The summed E-state index contributed by atoms with van der Waals surface area (Å²) in [4.78, 5) is 0. The molecule has 0 fully saturated rings. The van der Waals surface area contributed by atoms with Gasteiger partial charge in [-0.2, -0.15) is 0 Å².